The SMILES string of the molecule is COc1cc(CNC(=O)C(C)OCC2CCCO2)ccc1OC(F)F. The van der Waals surface area contributed by atoms with E-state index in [1.165, 1.54) is 19.2 Å². The first-order valence-corrected chi connectivity index (χ1v) is 8.12. The fourth-order valence-electron chi connectivity index (χ4n) is 2.45. The molecule has 1 aliphatic heterocycles. The zero-order valence-corrected chi connectivity index (χ0v) is 14.3. The first-order chi connectivity index (χ1) is 12.0. The second-order valence-corrected chi connectivity index (χ2v) is 5.69. The molecule has 1 aromatic carbocycles. The molecule has 0 spiro atoms. The number of methoxy groups -OCH3 is 1. The van der Waals surface area contributed by atoms with Crippen LogP contribution in [0.1, 0.15) is 25.3 Å². The van der Waals surface area contributed by atoms with E-state index in [1.807, 2.05) is 0 Å². The van der Waals surface area contributed by atoms with Crippen LogP contribution in [-0.4, -0.2) is 45.1 Å². The highest BCUT2D eigenvalue weighted by Crippen LogP contribution is 2.29. The maximum absolute atomic E-state index is 12.3. The summed E-state index contributed by atoms with van der Waals surface area (Å²) in [5, 5.41) is 2.74. The van der Waals surface area contributed by atoms with Gasteiger partial charge in [-0.2, -0.15) is 8.78 Å². The minimum atomic E-state index is -2.93. The molecular formula is C17H23F2NO5. The van der Waals surface area contributed by atoms with E-state index in [0.717, 1.165) is 19.4 Å². The van der Waals surface area contributed by atoms with Crippen LogP contribution in [0.4, 0.5) is 8.78 Å². The van der Waals surface area contributed by atoms with Crippen LogP contribution in [0.2, 0.25) is 0 Å². The average molecular weight is 359 g/mol. The molecule has 1 aliphatic rings. The number of ether oxygens (including phenoxy) is 4. The molecule has 1 fully saturated rings. The van der Waals surface area contributed by atoms with Gasteiger partial charge in [0.25, 0.3) is 0 Å². The summed E-state index contributed by atoms with van der Waals surface area (Å²) in [5.74, 6) is -0.138. The molecule has 0 bridgehead atoms. The molecule has 25 heavy (non-hydrogen) atoms. The summed E-state index contributed by atoms with van der Waals surface area (Å²) in [4.78, 5) is 12.1. The van der Waals surface area contributed by atoms with E-state index in [4.69, 9.17) is 14.2 Å². The molecule has 2 unspecified atom stereocenters. The molecule has 1 saturated heterocycles. The summed E-state index contributed by atoms with van der Waals surface area (Å²) < 4.78 is 45.0. The topological polar surface area (TPSA) is 66.0 Å². The lowest BCUT2D eigenvalue weighted by Gasteiger charge is -2.16. The normalized spacial score (nSPS) is 18.2. The van der Waals surface area contributed by atoms with E-state index in [2.05, 4.69) is 10.1 Å². The van der Waals surface area contributed by atoms with E-state index in [1.54, 1.807) is 13.0 Å². The summed E-state index contributed by atoms with van der Waals surface area (Å²) in [6.07, 6.45) is 1.41. The zero-order valence-electron chi connectivity index (χ0n) is 14.3. The van der Waals surface area contributed by atoms with Crippen molar-refractivity contribution >= 4 is 5.91 Å². The summed E-state index contributed by atoms with van der Waals surface area (Å²) in [6, 6.07) is 4.50. The Labute approximate surface area is 145 Å². The van der Waals surface area contributed by atoms with E-state index in [-0.39, 0.29) is 30.1 Å². The second-order valence-electron chi connectivity index (χ2n) is 5.69. The van der Waals surface area contributed by atoms with Gasteiger partial charge in [0.05, 0.1) is 19.8 Å². The van der Waals surface area contributed by atoms with Crippen molar-refractivity contribution in [2.45, 2.75) is 45.1 Å². The van der Waals surface area contributed by atoms with Gasteiger partial charge in [-0.1, -0.05) is 6.07 Å². The standard InChI is InChI=1S/C17H23F2NO5/c1-11(24-10-13-4-3-7-23-13)16(21)20-9-12-5-6-14(25-17(18)19)15(8-12)22-2/h5-6,8,11,13,17H,3-4,7,9-10H2,1-2H3,(H,20,21). The number of alkyl halides is 2. The van der Waals surface area contributed by atoms with Gasteiger partial charge >= 0.3 is 6.61 Å². The van der Waals surface area contributed by atoms with E-state index in [0.29, 0.717) is 12.2 Å². The van der Waals surface area contributed by atoms with Crippen molar-refractivity contribution in [1.82, 2.24) is 5.32 Å². The zero-order chi connectivity index (χ0) is 18.2. The molecule has 1 N–H and O–H groups in total. The number of benzene rings is 1. The lowest BCUT2D eigenvalue weighted by molar-refractivity contribution is -0.133. The number of nitrogens with one attached hydrogen (secondary N) is 1. The number of carbonyl (C=O) groups excluding carboxylic acids is 1. The van der Waals surface area contributed by atoms with Crippen molar-refractivity contribution in [2.75, 3.05) is 20.3 Å². The number of halogens is 2. The number of hydrogen-bond acceptors (Lipinski definition) is 5. The van der Waals surface area contributed by atoms with Crippen LogP contribution in [0.5, 0.6) is 11.5 Å². The first-order valence-electron chi connectivity index (χ1n) is 8.12. The van der Waals surface area contributed by atoms with Crippen molar-refractivity contribution < 1.29 is 32.5 Å². The number of amides is 1. The Balaban J connectivity index is 1.81. The molecule has 1 aromatic rings. The van der Waals surface area contributed by atoms with Crippen LogP contribution in [0.25, 0.3) is 0 Å². The van der Waals surface area contributed by atoms with Crippen LogP contribution < -0.4 is 14.8 Å². The average Bonchev–Trinajstić information content (AvgIpc) is 3.11. The van der Waals surface area contributed by atoms with E-state index >= 15 is 0 Å². The van der Waals surface area contributed by atoms with Crippen molar-refractivity contribution in [1.29, 1.82) is 0 Å². The molecular weight excluding hydrogens is 336 g/mol. The molecule has 0 aromatic heterocycles. The van der Waals surface area contributed by atoms with Crippen LogP contribution in [0, 0.1) is 0 Å². The van der Waals surface area contributed by atoms with Gasteiger partial charge in [-0.05, 0) is 37.5 Å². The smallest absolute Gasteiger partial charge is 0.387 e. The number of hydrogen-bond donors (Lipinski definition) is 1. The molecule has 2 atom stereocenters. The highest BCUT2D eigenvalue weighted by atomic mass is 19.3. The van der Waals surface area contributed by atoms with Gasteiger partial charge in [0.2, 0.25) is 5.91 Å². The van der Waals surface area contributed by atoms with Gasteiger partial charge < -0.3 is 24.3 Å². The Hall–Kier alpha value is -1.93. The summed E-state index contributed by atoms with van der Waals surface area (Å²) in [5.41, 5.74) is 0.693. The Kier molecular flexibility index (Phi) is 7.39. The lowest BCUT2D eigenvalue weighted by atomic mass is 10.2. The van der Waals surface area contributed by atoms with Gasteiger partial charge in [0.1, 0.15) is 6.10 Å². The van der Waals surface area contributed by atoms with Crippen molar-refractivity contribution in [2.24, 2.45) is 0 Å². The Morgan fingerprint density at radius 1 is 1.40 bits per heavy atom. The van der Waals surface area contributed by atoms with Crippen molar-refractivity contribution in [3.63, 3.8) is 0 Å². The minimum Gasteiger partial charge on any atom is -0.493 e. The van der Waals surface area contributed by atoms with Gasteiger partial charge in [-0.25, -0.2) is 0 Å². The summed E-state index contributed by atoms with van der Waals surface area (Å²) in [7, 11) is 1.36. The fourth-order valence-corrected chi connectivity index (χ4v) is 2.45. The molecule has 0 aliphatic carbocycles. The molecule has 1 heterocycles. The maximum atomic E-state index is 12.3. The van der Waals surface area contributed by atoms with E-state index in [9.17, 15) is 13.6 Å². The quantitative estimate of drug-likeness (QED) is 0.734. The van der Waals surface area contributed by atoms with Crippen molar-refractivity contribution in [3.8, 4) is 11.5 Å². The minimum absolute atomic E-state index is 0.0548. The van der Waals surface area contributed by atoms with E-state index < -0.39 is 12.7 Å². The van der Waals surface area contributed by atoms with Gasteiger partial charge in [0.15, 0.2) is 11.5 Å². The lowest BCUT2D eigenvalue weighted by Crippen LogP contribution is -2.35. The van der Waals surface area contributed by atoms with Gasteiger partial charge in [0, 0.05) is 13.2 Å². The molecule has 140 valence electrons. The maximum Gasteiger partial charge on any atom is 0.387 e. The molecule has 6 nitrogen and oxygen atoms in total. The van der Waals surface area contributed by atoms with Crippen LogP contribution in [0.3, 0.4) is 0 Å². The Morgan fingerprint density at radius 2 is 2.20 bits per heavy atom. The first kappa shape index (κ1) is 19.4. The van der Waals surface area contributed by atoms with Gasteiger partial charge in [-0.15, -0.1) is 0 Å². The third kappa shape index (κ3) is 6.13. The highest BCUT2D eigenvalue weighted by Gasteiger charge is 2.20. The summed E-state index contributed by atoms with van der Waals surface area (Å²) in [6.45, 7) is 0.0905. The number of carbonyl (C=O) groups is 1. The van der Waals surface area contributed by atoms with Gasteiger partial charge in [-0.3, -0.25) is 4.79 Å². The molecule has 0 radical (unpaired) electrons. The fraction of sp³-hybridized carbons (Fsp3) is 0.588. The second kappa shape index (κ2) is 9.53. The third-order valence-electron chi connectivity index (χ3n) is 3.84. The molecule has 1 amide bonds. The van der Waals surface area contributed by atoms with Crippen LogP contribution in [-0.2, 0) is 20.8 Å². The van der Waals surface area contributed by atoms with Crippen molar-refractivity contribution in [3.05, 3.63) is 23.8 Å². The molecule has 8 heteroatoms. The third-order valence-corrected chi connectivity index (χ3v) is 3.84. The highest BCUT2D eigenvalue weighted by molar-refractivity contribution is 5.80. The number of rotatable bonds is 9. The largest absolute Gasteiger partial charge is 0.493 e. The predicted molar refractivity (Wildman–Crippen MR) is 85.9 cm³/mol. The van der Waals surface area contributed by atoms with Crippen LogP contribution in [0.15, 0.2) is 18.2 Å². The summed E-state index contributed by atoms with van der Waals surface area (Å²) >= 11 is 0. The Bertz CT molecular complexity index is 564. The van der Waals surface area contributed by atoms with Crippen LogP contribution >= 0.6 is 0 Å². The monoisotopic (exact) mass is 359 g/mol. The predicted octanol–water partition coefficient (Wildman–Crippen LogP) is 2.50. The molecule has 0 saturated carbocycles. The molecule has 2 rings (SSSR count). The Morgan fingerprint density at radius 3 is 2.84 bits per heavy atom.